The minimum absolute atomic E-state index is 0.165. The van der Waals surface area contributed by atoms with Crippen molar-refractivity contribution in [3.8, 4) is 5.82 Å². The summed E-state index contributed by atoms with van der Waals surface area (Å²) in [6.45, 7) is 10.7. The maximum absolute atomic E-state index is 13.5. The molecule has 4 fully saturated rings. The molecule has 0 bridgehead atoms. The van der Waals surface area contributed by atoms with Crippen LogP contribution in [0, 0.1) is 5.41 Å². The van der Waals surface area contributed by atoms with E-state index in [4.69, 9.17) is 9.97 Å². The molecular formula is C47H54N10O3. The summed E-state index contributed by atoms with van der Waals surface area (Å²) in [5, 5.41) is 6.30. The van der Waals surface area contributed by atoms with Crippen LogP contribution in [0.5, 0.6) is 0 Å². The standard InChI is InChI=1S/C47H54N10O3/c1-4-22-56-45(60)39-27-48-46(52-43(39)57(56)40-18-10-32-7-6-30(5-2)42(32)50-40)49-33-11-15-36(16-12-33)55-28-47(29-55)25-37(26-47)53(3)34-20-23-54(24-21-34)35-13-8-31(9-14-35)38-17-19-41(58)51-44(38)59/h4,8-16,18,27,30,34,37-38H,1,5-7,17,19-26,28-29H2,2-3H3,(H,48,49,52)(H,51,58,59). The smallest absolute Gasteiger partial charge is 0.278 e. The molecule has 1 saturated carbocycles. The number of amides is 2. The lowest BCUT2D eigenvalue weighted by Crippen LogP contribution is -2.67. The maximum atomic E-state index is 13.5. The van der Waals surface area contributed by atoms with E-state index >= 15 is 0 Å². The number of aromatic nitrogens is 5. The van der Waals surface area contributed by atoms with Gasteiger partial charge in [-0.2, -0.15) is 4.98 Å². The van der Waals surface area contributed by atoms with Gasteiger partial charge in [-0.3, -0.25) is 19.7 Å². The Balaban J connectivity index is 0.729. The minimum Gasteiger partial charge on any atom is -0.371 e. The quantitative estimate of drug-likeness (QED) is 0.114. The number of pyridine rings is 1. The molecule has 3 aliphatic heterocycles. The molecule has 2 aromatic carbocycles. The second kappa shape index (κ2) is 15.3. The average Bonchev–Trinajstić information content (AvgIpc) is 3.77. The molecule has 310 valence electrons. The highest BCUT2D eigenvalue weighted by Gasteiger charge is 2.54. The van der Waals surface area contributed by atoms with Crippen LogP contribution in [-0.2, 0) is 22.6 Å². The molecule has 2 atom stereocenters. The molecule has 10 rings (SSSR count). The molecule has 3 aromatic heterocycles. The van der Waals surface area contributed by atoms with Gasteiger partial charge in [-0.1, -0.05) is 31.2 Å². The normalized spacial score (nSPS) is 21.6. The number of piperidine rings is 2. The Morgan fingerprint density at radius 1 is 0.883 bits per heavy atom. The first-order chi connectivity index (χ1) is 29.2. The Hall–Kier alpha value is -5.82. The third kappa shape index (κ3) is 6.86. The summed E-state index contributed by atoms with van der Waals surface area (Å²) in [6, 6.07) is 22.3. The summed E-state index contributed by atoms with van der Waals surface area (Å²) < 4.78 is 3.46. The fourth-order valence-corrected chi connectivity index (χ4v) is 10.7. The zero-order valence-corrected chi connectivity index (χ0v) is 34.6. The van der Waals surface area contributed by atoms with E-state index in [0.29, 0.717) is 65.6 Å². The van der Waals surface area contributed by atoms with E-state index in [1.807, 2.05) is 10.7 Å². The van der Waals surface area contributed by atoms with Gasteiger partial charge in [-0.05, 0) is 112 Å². The fourth-order valence-electron chi connectivity index (χ4n) is 10.7. The van der Waals surface area contributed by atoms with Gasteiger partial charge in [0.25, 0.3) is 5.56 Å². The molecule has 13 heteroatoms. The summed E-state index contributed by atoms with van der Waals surface area (Å²) in [7, 11) is 2.33. The fraction of sp³-hybridized carbons (Fsp3) is 0.447. The van der Waals surface area contributed by atoms with Crippen LogP contribution in [0.4, 0.5) is 23.0 Å². The Morgan fingerprint density at radius 2 is 1.62 bits per heavy atom. The zero-order valence-electron chi connectivity index (χ0n) is 34.6. The molecule has 2 amide bonds. The largest absolute Gasteiger partial charge is 0.371 e. The highest BCUT2D eigenvalue weighted by atomic mass is 16.2. The van der Waals surface area contributed by atoms with E-state index in [2.05, 4.69) is 105 Å². The third-order valence-corrected chi connectivity index (χ3v) is 14.2. The Labute approximate surface area is 350 Å². The summed E-state index contributed by atoms with van der Waals surface area (Å²) >= 11 is 0. The van der Waals surface area contributed by atoms with Crippen LogP contribution in [0.25, 0.3) is 16.9 Å². The molecule has 2 unspecified atom stereocenters. The highest BCUT2D eigenvalue weighted by Crippen LogP contribution is 2.52. The first kappa shape index (κ1) is 38.4. The molecule has 5 aliphatic rings. The summed E-state index contributed by atoms with van der Waals surface area (Å²) in [4.78, 5) is 59.5. The summed E-state index contributed by atoms with van der Waals surface area (Å²) in [5.41, 5.74) is 7.48. The van der Waals surface area contributed by atoms with Crippen molar-refractivity contribution in [1.82, 2.24) is 34.5 Å². The van der Waals surface area contributed by atoms with Gasteiger partial charge in [-0.25, -0.2) is 19.3 Å². The van der Waals surface area contributed by atoms with Gasteiger partial charge < -0.3 is 20.0 Å². The number of benzene rings is 2. The van der Waals surface area contributed by atoms with Crippen LogP contribution in [0.15, 0.2) is 84.3 Å². The molecular weight excluding hydrogens is 753 g/mol. The van der Waals surface area contributed by atoms with Crippen molar-refractivity contribution in [3.63, 3.8) is 0 Å². The van der Waals surface area contributed by atoms with E-state index in [1.165, 1.54) is 29.8 Å². The van der Waals surface area contributed by atoms with Crippen molar-refractivity contribution in [2.45, 2.75) is 95.2 Å². The lowest BCUT2D eigenvalue weighted by Gasteiger charge is -2.62. The topological polar surface area (TPSA) is 134 Å². The molecule has 0 radical (unpaired) electrons. The maximum Gasteiger partial charge on any atom is 0.278 e. The number of rotatable bonds is 11. The van der Waals surface area contributed by atoms with E-state index in [-0.39, 0.29) is 23.3 Å². The van der Waals surface area contributed by atoms with Crippen LogP contribution >= 0.6 is 0 Å². The second-order valence-electron chi connectivity index (χ2n) is 17.8. The molecule has 6 heterocycles. The SMILES string of the molecule is C=CCn1c(=O)c2cnc(Nc3ccc(N4CC5(CC(N(C)C6CCN(c7ccc(C8CCC(=O)NC8=O)cc7)CC6)C5)C4)cc3)nc2n1-c1ccc2c(n1)C(CC)CC2. The van der Waals surface area contributed by atoms with Crippen LogP contribution in [0.2, 0.25) is 0 Å². The van der Waals surface area contributed by atoms with Gasteiger partial charge in [0.15, 0.2) is 11.5 Å². The van der Waals surface area contributed by atoms with E-state index in [0.717, 1.165) is 75.2 Å². The van der Waals surface area contributed by atoms with E-state index < -0.39 is 0 Å². The van der Waals surface area contributed by atoms with Crippen LogP contribution in [0.1, 0.15) is 86.9 Å². The molecule has 5 aromatic rings. The monoisotopic (exact) mass is 806 g/mol. The average molecular weight is 807 g/mol. The third-order valence-electron chi connectivity index (χ3n) is 14.2. The summed E-state index contributed by atoms with van der Waals surface area (Å²) in [5.74, 6) is 0.942. The van der Waals surface area contributed by atoms with Gasteiger partial charge in [-0.15, -0.1) is 6.58 Å². The van der Waals surface area contributed by atoms with Crippen LogP contribution < -0.4 is 26.0 Å². The number of aryl methyl sites for hydroxylation is 1. The number of nitrogens with one attached hydrogen (secondary N) is 2. The van der Waals surface area contributed by atoms with Gasteiger partial charge in [0.1, 0.15) is 5.39 Å². The number of hydrogen-bond donors (Lipinski definition) is 2. The van der Waals surface area contributed by atoms with Gasteiger partial charge >= 0.3 is 0 Å². The van der Waals surface area contributed by atoms with Crippen LogP contribution in [-0.4, -0.2) is 86.3 Å². The Morgan fingerprint density at radius 3 is 2.33 bits per heavy atom. The van der Waals surface area contributed by atoms with Crippen molar-refractivity contribution in [1.29, 1.82) is 0 Å². The van der Waals surface area contributed by atoms with Crippen molar-refractivity contribution in [3.05, 3.63) is 107 Å². The molecule has 60 heavy (non-hydrogen) atoms. The predicted octanol–water partition coefficient (Wildman–Crippen LogP) is 6.44. The number of allylic oxidation sites excluding steroid dienone is 1. The van der Waals surface area contributed by atoms with Gasteiger partial charge in [0.2, 0.25) is 17.8 Å². The van der Waals surface area contributed by atoms with E-state index in [9.17, 15) is 14.4 Å². The number of imide groups is 1. The minimum atomic E-state index is -0.240. The summed E-state index contributed by atoms with van der Waals surface area (Å²) in [6.07, 6.45) is 12.3. The number of carbonyl (C=O) groups is 2. The highest BCUT2D eigenvalue weighted by molar-refractivity contribution is 6.01. The van der Waals surface area contributed by atoms with Crippen molar-refractivity contribution in [2.24, 2.45) is 5.41 Å². The molecule has 2 aliphatic carbocycles. The van der Waals surface area contributed by atoms with Crippen LogP contribution in [0.3, 0.4) is 0 Å². The van der Waals surface area contributed by atoms with Crippen molar-refractivity contribution >= 4 is 45.9 Å². The Bertz CT molecular complexity index is 2510. The van der Waals surface area contributed by atoms with Gasteiger partial charge in [0.05, 0.1) is 12.5 Å². The lowest BCUT2D eigenvalue weighted by molar-refractivity contribution is -0.134. The Kier molecular flexibility index (Phi) is 9.81. The number of carbonyl (C=O) groups excluding carboxylic acids is 2. The first-order valence-corrected chi connectivity index (χ1v) is 21.8. The van der Waals surface area contributed by atoms with Crippen molar-refractivity contribution in [2.75, 3.05) is 48.3 Å². The van der Waals surface area contributed by atoms with Crippen molar-refractivity contribution < 1.29 is 9.59 Å². The lowest BCUT2D eigenvalue weighted by atomic mass is 9.60. The first-order valence-electron chi connectivity index (χ1n) is 21.8. The molecule has 2 N–H and O–H groups in total. The molecule has 3 saturated heterocycles. The number of nitrogens with zero attached hydrogens (tertiary/aromatic N) is 8. The van der Waals surface area contributed by atoms with E-state index in [1.54, 1.807) is 17.0 Å². The second-order valence-corrected chi connectivity index (χ2v) is 17.8. The number of hydrogen-bond acceptors (Lipinski definition) is 10. The molecule has 13 nitrogen and oxygen atoms in total. The van der Waals surface area contributed by atoms with Gasteiger partial charge in [0, 0.05) is 85.0 Å². The number of anilines is 4. The zero-order chi connectivity index (χ0) is 41.1. The predicted molar refractivity (Wildman–Crippen MR) is 234 cm³/mol. The number of fused-ring (bicyclic) bond motifs is 2. The molecule has 1 spiro atoms.